The summed E-state index contributed by atoms with van der Waals surface area (Å²) in [5.74, 6) is 0.982. The second-order valence-corrected chi connectivity index (χ2v) is 8.31. The van der Waals surface area contributed by atoms with E-state index in [4.69, 9.17) is 4.74 Å². The molecule has 0 spiro atoms. The normalized spacial score (nSPS) is 29.4. The summed E-state index contributed by atoms with van der Waals surface area (Å²) in [6.07, 6.45) is 5.54. The highest BCUT2D eigenvalue weighted by atomic mass is 16.5. The first-order chi connectivity index (χ1) is 12.1. The lowest BCUT2D eigenvalue weighted by molar-refractivity contribution is -0.121. The van der Waals surface area contributed by atoms with Gasteiger partial charge in [0, 0.05) is 31.6 Å². The Bertz CT molecular complexity index is 621. The molecular formula is C21H30N2O2. The predicted molar refractivity (Wildman–Crippen MR) is 98.6 cm³/mol. The van der Waals surface area contributed by atoms with Crippen LogP contribution in [0.15, 0.2) is 18.2 Å². The van der Waals surface area contributed by atoms with Crippen molar-refractivity contribution in [2.24, 2.45) is 5.92 Å². The molecule has 1 saturated carbocycles. The Kier molecular flexibility index (Phi) is 4.83. The summed E-state index contributed by atoms with van der Waals surface area (Å²) in [5, 5.41) is 3.26. The molecule has 0 unspecified atom stereocenters. The minimum atomic E-state index is 0.184. The van der Waals surface area contributed by atoms with Gasteiger partial charge >= 0.3 is 0 Å². The molecule has 2 aliphatic heterocycles. The number of hydrogen-bond acceptors (Lipinski definition) is 3. The van der Waals surface area contributed by atoms with E-state index in [0.717, 1.165) is 38.5 Å². The third-order valence-electron chi connectivity index (χ3n) is 5.88. The first-order valence-corrected chi connectivity index (χ1v) is 9.79. The van der Waals surface area contributed by atoms with Crippen LogP contribution in [0, 0.1) is 19.8 Å². The van der Waals surface area contributed by atoms with E-state index < -0.39 is 0 Å². The van der Waals surface area contributed by atoms with Gasteiger partial charge in [-0.3, -0.25) is 9.69 Å². The van der Waals surface area contributed by atoms with Crippen molar-refractivity contribution in [1.29, 1.82) is 0 Å². The van der Waals surface area contributed by atoms with Crippen molar-refractivity contribution in [2.75, 3.05) is 19.7 Å². The van der Waals surface area contributed by atoms with Crippen molar-refractivity contribution < 1.29 is 9.53 Å². The highest BCUT2D eigenvalue weighted by molar-refractivity contribution is 5.76. The number of nitrogens with one attached hydrogen (secondary N) is 1. The van der Waals surface area contributed by atoms with Crippen molar-refractivity contribution in [2.45, 2.75) is 64.1 Å². The van der Waals surface area contributed by atoms with E-state index in [9.17, 15) is 4.79 Å². The lowest BCUT2D eigenvalue weighted by Crippen LogP contribution is -2.47. The molecule has 4 rings (SSSR count). The van der Waals surface area contributed by atoms with Crippen molar-refractivity contribution in [3.63, 3.8) is 0 Å². The summed E-state index contributed by atoms with van der Waals surface area (Å²) in [5.41, 5.74) is 3.80. The van der Waals surface area contributed by atoms with Gasteiger partial charge in [-0.2, -0.15) is 0 Å². The lowest BCUT2D eigenvalue weighted by Gasteiger charge is -2.35. The molecule has 2 saturated heterocycles. The van der Waals surface area contributed by atoms with Crippen molar-refractivity contribution >= 4 is 5.91 Å². The molecule has 2 heterocycles. The van der Waals surface area contributed by atoms with Gasteiger partial charge in [0.2, 0.25) is 5.91 Å². The zero-order valence-electron chi connectivity index (χ0n) is 15.5. The molecule has 25 heavy (non-hydrogen) atoms. The number of amides is 1. The molecule has 3 aliphatic rings. The maximum absolute atomic E-state index is 12.4. The zero-order valence-corrected chi connectivity index (χ0v) is 15.5. The van der Waals surface area contributed by atoms with Crippen LogP contribution in [0.4, 0.5) is 0 Å². The molecule has 1 amide bonds. The van der Waals surface area contributed by atoms with Gasteiger partial charge in [-0.05, 0) is 51.0 Å². The maximum atomic E-state index is 12.4. The quantitative estimate of drug-likeness (QED) is 0.894. The van der Waals surface area contributed by atoms with E-state index >= 15 is 0 Å². The first-order valence-electron chi connectivity index (χ1n) is 9.79. The van der Waals surface area contributed by atoms with Crippen LogP contribution in [-0.2, 0) is 16.0 Å². The molecule has 0 radical (unpaired) electrons. The molecule has 136 valence electrons. The number of hydrogen-bond donors (Lipinski definition) is 1. The van der Waals surface area contributed by atoms with E-state index in [0.29, 0.717) is 24.6 Å². The van der Waals surface area contributed by atoms with Crippen molar-refractivity contribution in [3.8, 4) is 0 Å². The van der Waals surface area contributed by atoms with Crippen molar-refractivity contribution in [3.05, 3.63) is 34.9 Å². The van der Waals surface area contributed by atoms with Gasteiger partial charge in [0.05, 0.1) is 12.7 Å². The third kappa shape index (κ3) is 4.24. The highest BCUT2D eigenvalue weighted by Crippen LogP contribution is 2.37. The first kappa shape index (κ1) is 17.0. The van der Waals surface area contributed by atoms with Crippen LogP contribution in [-0.4, -0.2) is 48.7 Å². The summed E-state index contributed by atoms with van der Waals surface area (Å²) < 4.78 is 6.04. The molecule has 0 bridgehead atoms. The Balaban J connectivity index is 1.24. The van der Waals surface area contributed by atoms with E-state index in [1.807, 2.05) is 0 Å². The van der Waals surface area contributed by atoms with Crippen LogP contribution in [0.5, 0.6) is 0 Å². The minimum Gasteiger partial charge on any atom is -0.375 e. The number of nitrogens with zero attached hydrogens (tertiary/aromatic N) is 1. The number of carbonyl (C=O) groups excluding carboxylic acids is 1. The monoisotopic (exact) mass is 342 g/mol. The number of fused-ring (bicyclic) bond motifs is 1. The standard InChI is InChI=1S/C21H30N2O2/c1-14-7-15(2)9-16(8-14)3-6-21(24)22-18-10-19-13-25-20(17-4-5-17)12-23(19)11-18/h7-9,17-20H,3-6,10-13H2,1-2H3,(H,22,24)/t18-,19-,20+/m0/s1. The second-order valence-electron chi connectivity index (χ2n) is 8.31. The maximum Gasteiger partial charge on any atom is 0.220 e. The van der Waals surface area contributed by atoms with Gasteiger partial charge in [-0.15, -0.1) is 0 Å². The average molecular weight is 342 g/mol. The van der Waals surface area contributed by atoms with Gasteiger partial charge in [0.1, 0.15) is 0 Å². The van der Waals surface area contributed by atoms with Gasteiger partial charge in [-0.25, -0.2) is 0 Å². The largest absolute Gasteiger partial charge is 0.375 e. The van der Waals surface area contributed by atoms with Crippen LogP contribution in [0.2, 0.25) is 0 Å². The molecule has 3 atom stereocenters. The zero-order chi connectivity index (χ0) is 17.4. The summed E-state index contributed by atoms with van der Waals surface area (Å²) >= 11 is 0. The van der Waals surface area contributed by atoms with Crippen LogP contribution < -0.4 is 5.32 Å². The summed E-state index contributed by atoms with van der Waals surface area (Å²) in [6.45, 7) is 7.12. The molecule has 1 N–H and O–H groups in total. The number of rotatable bonds is 5. The summed E-state index contributed by atoms with van der Waals surface area (Å²) in [6, 6.07) is 7.34. The summed E-state index contributed by atoms with van der Waals surface area (Å²) in [7, 11) is 0. The number of aryl methyl sites for hydroxylation is 3. The fourth-order valence-corrected chi connectivity index (χ4v) is 4.53. The topological polar surface area (TPSA) is 41.6 Å². The van der Waals surface area contributed by atoms with Crippen LogP contribution in [0.1, 0.15) is 42.4 Å². The fraction of sp³-hybridized carbons (Fsp3) is 0.667. The number of morpholine rings is 1. The molecule has 1 aromatic carbocycles. The van der Waals surface area contributed by atoms with Crippen molar-refractivity contribution in [1.82, 2.24) is 10.2 Å². The Morgan fingerprint density at radius 2 is 1.96 bits per heavy atom. The van der Waals surface area contributed by atoms with E-state index in [1.165, 1.54) is 29.5 Å². The number of ether oxygens (including phenoxy) is 1. The van der Waals surface area contributed by atoms with Crippen LogP contribution in [0.25, 0.3) is 0 Å². The number of benzene rings is 1. The fourth-order valence-electron chi connectivity index (χ4n) is 4.53. The molecule has 1 aliphatic carbocycles. The Morgan fingerprint density at radius 1 is 1.20 bits per heavy atom. The lowest BCUT2D eigenvalue weighted by atomic mass is 10.0. The smallest absolute Gasteiger partial charge is 0.220 e. The Labute approximate surface area is 150 Å². The van der Waals surface area contributed by atoms with Gasteiger partial charge < -0.3 is 10.1 Å². The van der Waals surface area contributed by atoms with Gasteiger partial charge in [0.15, 0.2) is 0 Å². The predicted octanol–water partition coefficient (Wildman–Crippen LogP) is 2.60. The Morgan fingerprint density at radius 3 is 2.68 bits per heavy atom. The SMILES string of the molecule is Cc1cc(C)cc(CCC(=O)N[C@H]2C[C@H]3CO[C@@H](C4CC4)CN3C2)c1. The second kappa shape index (κ2) is 7.08. The Hall–Kier alpha value is -1.39. The molecule has 1 aromatic rings. The minimum absolute atomic E-state index is 0.184. The molecule has 4 heteroatoms. The molecule has 4 nitrogen and oxygen atoms in total. The van der Waals surface area contributed by atoms with Gasteiger partial charge in [0.25, 0.3) is 0 Å². The highest BCUT2D eigenvalue weighted by Gasteiger charge is 2.42. The van der Waals surface area contributed by atoms with Crippen LogP contribution >= 0.6 is 0 Å². The van der Waals surface area contributed by atoms with E-state index in [-0.39, 0.29) is 5.91 Å². The third-order valence-corrected chi connectivity index (χ3v) is 5.88. The number of carbonyl (C=O) groups is 1. The molecule has 3 fully saturated rings. The van der Waals surface area contributed by atoms with E-state index in [2.05, 4.69) is 42.3 Å². The van der Waals surface area contributed by atoms with Crippen LogP contribution in [0.3, 0.4) is 0 Å². The summed E-state index contributed by atoms with van der Waals surface area (Å²) in [4.78, 5) is 14.9. The molecular weight excluding hydrogens is 312 g/mol. The molecule has 0 aromatic heterocycles. The van der Waals surface area contributed by atoms with E-state index in [1.54, 1.807) is 0 Å². The van der Waals surface area contributed by atoms with Gasteiger partial charge in [-0.1, -0.05) is 29.3 Å². The average Bonchev–Trinajstić information content (AvgIpc) is 3.32.